The van der Waals surface area contributed by atoms with Gasteiger partial charge < -0.3 is 15.8 Å². The fourth-order valence-electron chi connectivity index (χ4n) is 5.67. The van der Waals surface area contributed by atoms with E-state index in [1.165, 1.54) is 7.11 Å². The highest BCUT2D eigenvalue weighted by atomic mass is 35.5. The van der Waals surface area contributed by atoms with Crippen molar-refractivity contribution in [2.24, 2.45) is 23.5 Å². The van der Waals surface area contributed by atoms with Crippen LogP contribution in [-0.2, 0) is 9.53 Å². The molecular formula is C25H29ClN2O3. The molecule has 2 aromatic rings. The Labute approximate surface area is 188 Å². The van der Waals surface area contributed by atoms with Gasteiger partial charge >= 0.3 is 5.97 Å². The maximum absolute atomic E-state index is 12.7. The zero-order valence-electron chi connectivity index (χ0n) is 17.9. The normalized spacial score (nSPS) is 28.3. The number of carbonyl (C=O) groups excluding carboxylic acids is 2. The van der Waals surface area contributed by atoms with E-state index in [0.717, 1.165) is 24.8 Å². The van der Waals surface area contributed by atoms with Crippen molar-refractivity contribution in [1.29, 1.82) is 0 Å². The van der Waals surface area contributed by atoms with E-state index in [1.807, 2.05) is 37.3 Å². The molecule has 2 fully saturated rings. The molecule has 2 saturated carbocycles. The van der Waals surface area contributed by atoms with Crippen LogP contribution in [-0.4, -0.2) is 30.6 Å². The summed E-state index contributed by atoms with van der Waals surface area (Å²) in [6.07, 6.45) is 2.49. The minimum atomic E-state index is -0.426. The number of methoxy groups -OCH3 is 1. The lowest BCUT2D eigenvalue weighted by Crippen LogP contribution is -2.52. The van der Waals surface area contributed by atoms with Gasteiger partial charge in [-0.15, -0.1) is 0 Å². The largest absolute Gasteiger partial charge is 0.469 e. The highest BCUT2D eigenvalue weighted by molar-refractivity contribution is 6.30. The molecule has 2 aliphatic rings. The topological polar surface area (TPSA) is 81.4 Å². The van der Waals surface area contributed by atoms with E-state index in [2.05, 4.69) is 5.32 Å². The molecule has 0 aromatic heterocycles. The molecule has 1 amide bonds. The highest BCUT2D eigenvalue weighted by Gasteiger charge is 2.69. The average molecular weight is 441 g/mol. The minimum Gasteiger partial charge on any atom is -0.469 e. The van der Waals surface area contributed by atoms with Gasteiger partial charge in [0, 0.05) is 22.2 Å². The molecule has 0 aliphatic heterocycles. The van der Waals surface area contributed by atoms with E-state index >= 15 is 0 Å². The Morgan fingerprint density at radius 3 is 2.29 bits per heavy atom. The van der Waals surface area contributed by atoms with Crippen molar-refractivity contribution < 1.29 is 14.3 Å². The number of halogens is 1. The molecule has 0 saturated heterocycles. The number of nitrogens with one attached hydrogen (secondary N) is 1. The Balaban J connectivity index is 1.45. The molecule has 0 spiro atoms. The Kier molecular flexibility index (Phi) is 6.09. The van der Waals surface area contributed by atoms with Gasteiger partial charge in [0.15, 0.2) is 0 Å². The lowest BCUT2D eigenvalue weighted by Gasteiger charge is -2.31. The molecule has 3 N–H and O–H groups in total. The quantitative estimate of drug-likeness (QED) is 0.633. The number of esters is 1. The fraction of sp³-hybridized carbons (Fsp3) is 0.440. The highest BCUT2D eigenvalue weighted by Crippen LogP contribution is 2.65. The van der Waals surface area contributed by atoms with E-state index in [4.69, 9.17) is 22.1 Å². The van der Waals surface area contributed by atoms with Gasteiger partial charge in [0.1, 0.15) is 0 Å². The maximum Gasteiger partial charge on any atom is 0.313 e. The molecule has 31 heavy (non-hydrogen) atoms. The van der Waals surface area contributed by atoms with E-state index in [-0.39, 0.29) is 29.8 Å². The van der Waals surface area contributed by atoms with E-state index < -0.39 is 5.54 Å². The summed E-state index contributed by atoms with van der Waals surface area (Å²) in [5.41, 5.74) is 8.00. The lowest BCUT2D eigenvalue weighted by atomic mass is 9.79. The van der Waals surface area contributed by atoms with Crippen molar-refractivity contribution in [2.75, 3.05) is 7.11 Å². The van der Waals surface area contributed by atoms with Crippen LogP contribution in [0.4, 0.5) is 0 Å². The van der Waals surface area contributed by atoms with Crippen molar-refractivity contribution >= 4 is 23.5 Å². The zero-order valence-corrected chi connectivity index (χ0v) is 18.6. The van der Waals surface area contributed by atoms with Crippen LogP contribution in [0.1, 0.15) is 48.0 Å². The van der Waals surface area contributed by atoms with Crippen molar-refractivity contribution in [3.63, 3.8) is 0 Å². The molecule has 164 valence electrons. The molecule has 3 unspecified atom stereocenters. The Morgan fingerprint density at radius 2 is 1.74 bits per heavy atom. The van der Waals surface area contributed by atoms with Crippen molar-refractivity contribution in [1.82, 2.24) is 5.32 Å². The average Bonchev–Trinajstić information content (AvgIpc) is 3.12. The van der Waals surface area contributed by atoms with Crippen molar-refractivity contribution in [3.8, 4) is 0 Å². The Hall–Kier alpha value is -2.37. The summed E-state index contributed by atoms with van der Waals surface area (Å²) in [5, 5.41) is 3.74. The van der Waals surface area contributed by atoms with Crippen LogP contribution in [0.2, 0.25) is 5.02 Å². The first kappa shape index (κ1) is 21.8. The third kappa shape index (κ3) is 3.97. The van der Waals surface area contributed by atoms with Gasteiger partial charge in [0.2, 0.25) is 0 Å². The second kappa shape index (κ2) is 8.64. The third-order valence-electron chi connectivity index (χ3n) is 7.28. The number of hydrogen-bond donors (Lipinski definition) is 2. The molecule has 4 rings (SSSR count). The van der Waals surface area contributed by atoms with Crippen LogP contribution < -0.4 is 11.1 Å². The number of carbonyl (C=O) groups is 2. The number of nitrogens with two attached hydrogens (primary N) is 1. The predicted molar refractivity (Wildman–Crippen MR) is 121 cm³/mol. The number of rotatable bonds is 7. The van der Waals surface area contributed by atoms with Crippen LogP contribution in [0.5, 0.6) is 0 Å². The van der Waals surface area contributed by atoms with Gasteiger partial charge in [-0.2, -0.15) is 0 Å². The molecule has 2 aromatic carbocycles. The monoisotopic (exact) mass is 440 g/mol. The zero-order chi connectivity index (χ0) is 22.2. The third-order valence-corrected chi connectivity index (χ3v) is 7.54. The minimum absolute atomic E-state index is 0.111. The number of amides is 1. The number of ether oxygens (including phenoxy) is 1. The summed E-state index contributed by atoms with van der Waals surface area (Å²) in [4.78, 5) is 25.3. The summed E-state index contributed by atoms with van der Waals surface area (Å²) in [6.45, 7) is 2.05. The van der Waals surface area contributed by atoms with Crippen LogP contribution in [0.3, 0.4) is 0 Å². The molecule has 5 nitrogen and oxygen atoms in total. The van der Waals surface area contributed by atoms with Crippen LogP contribution >= 0.6 is 11.6 Å². The first-order valence-electron chi connectivity index (χ1n) is 10.9. The lowest BCUT2D eigenvalue weighted by molar-refractivity contribution is -0.144. The number of benzene rings is 2. The van der Waals surface area contributed by atoms with Gasteiger partial charge in [-0.1, -0.05) is 48.9 Å². The number of fused-ring (bicyclic) bond motifs is 1. The smallest absolute Gasteiger partial charge is 0.313 e. The van der Waals surface area contributed by atoms with Crippen LogP contribution in [0.15, 0.2) is 54.6 Å². The Morgan fingerprint density at radius 1 is 1.13 bits per heavy atom. The molecule has 2 aliphatic carbocycles. The molecular weight excluding hydrogens is 412 g/mol. The summed E-state index contributed by atoms with van der Waals surface area (Å²) in [7, 11) is 1.45. The van der Waals surface area contributed by atoms with Crippen molar-refractivity contribution in [2.45, 2.75) is 43.7 Å². The standard InChI is InChI=1S/C25H29ClN2O3/c1-3-21(28-23(29)16-9-11-18(26)12-10-16)25(27)19-13-17(14-20(19)25)22(24(30)31-2)15-7-5-4-6-8-15/h4-12,17,19-22H,3,13-14,27H2,1-2H3,(H,28,29)/t17?,19-,20+,21?,22-,25?/m0/s1. The van der Waals surface area contributed by atoms with Crippen molar-refractivity contribution in [3.05, 3.63) is 70.7 Å². The van der Waals surface area contributed by atoms with Gasteiger partial charge in [-0.05, 0) is 66.8 Å². The predicted octanol–water partition coefficient (Wildman–Crippen LogP) is 4.16. The van der Waals surface area contributed by atoms with Gasteiger partial charge in [0.05, 0.1) is 13.0 Å². The van der Waals surface area contributed by atoms with E-state index in [0.29, 0.717) is 22.4 Å². The fourth-order valence-corrected chi connectivity index (χ4v) is 5.80. The van der Waals surface area contributed by atoms with Crippen LogP contribution in [0.25, 0.3) is 0 Å². The molecule has 0 bridgehead atoms. The molecule has 6 heteroatoms. The van der Waals surface area contributed by atoms with E-state index in [9.17, 15) is 9.59 Å². The van der Waals surface area contributed by atoms with Crippen LogP contribution in [0, 0.1) is 17.8 Å². The second-order valence-electron chi connectivity index (χ2n) is 8.80. The summed E-state index contributed by atoms with van der Waals surface area (Å²) < 4.78 is 5.12. The van der Waals surface area contributed by atoms with E-state index in [1.54, 1.807) is 24.3 Å². The summed E-state index contributed by atoms with van der Waals surface area (Å²) in [5.74, 6) is 0.195. The van der Waals surface area contributed by atoms with Gasteiger partial charge in [-0.25, -0.2) is 0 Å². The molecule has 0 heterocycles. The first-order chi connectivity index (χ1) is 14.9. The SMILES string of the molecule is CCC(NC(=O)c1ccc(Cl)cc1)C1(N)[C@@H]2CC([C@@H](C(=O)OC)c3ccccc3)C[C@@H]21. The molecule has 0 radical (unpaired) electrons. The summed E-state index contributed by atoms with van der Waals surface area (Å²) in [6, 6.07) is 16.6. The second-order valence-corrected chi connectivity index (χ2v) is 9.23. The molecule has 6 atom stereocenters. The first-order valence-corrected chi connectivity index (χ1v) is 11.3. The maximum atomic E-state index is 12.7. The number of hydrogen-bond acceptors (Lipinski definition) is 4. The Bertz CT molecular complexity index is 935. The van der Waals surface area contributed by atoms with Gasteiger partial charge in [-0.3, -0.25) is 9.59 Å². The van der Waals surface area contributed by atoms with Gasteiger partial charge in [0.25, 0.3) is 5.91 Å². The summed E-state index contributed by atoms with van der Waals surface area (Å²) >= 11 is 5.93.